The molecule has 0 radical (unpaired) electrons. The first-order valence-electron chi connectivity index (χ1n) is 5.42. The molecule has 17 heavy (non-hydrogen) atoms. The molecular formula is C14H10ClNO. The van der Waals surface area contributed by atoms with E-state index in [0.29, 0.717) is 5.02 Å². The van der Waals surface area contributed by atoms with E-state index in [2.05, 4.69) is 5.32 Å². The third-order valence-corrected chi connectivity index (χ3v) is 3.20. The van der Waals surface area contributed by atoms with Crippen LogP contribution in [0.2, 0.25) is 5.02 Å². The van der Waals surface area contributed by atoms with Crippen molar-refractivity contribution in [2.75, 3.05) is 5.32 Å². The zero-order valence-corrected chi connectivity index (χ0v) is 9.79. The second-order valence-corrected chi connectivity index (χ2v) is 4.53. The summed E-state index contributed by atoms with van der Waals surface area (Å²) in [6.45, 7) is 0. The van der Waals surface area contributed by atoms with Gasteiger partial charge < -0.3 is 5.32 Å². The van der Waals surface area contributed by atoms with Gasteiger partial charge in [0.2, 0.25) is 0 Å². The quantitative estimate of drug-likeness (QED) is 0.754. The van der Waals surface area contributed by atoms with Gasteiger partial charge in [0, 0.05) is 22.7 Å². The lowest BCUT2D eigenvalue weighted by molar-refractivity contribution is 0.102. The Labute approximate surface area is 104 Å². The van der Waals surface area contributed by atoms with Crippen LogP contribution in [0.3, 0.4) is 0 Å². The Kier molecular flexibility index (Phi) is 2.37. The molecule has 0 aliphatic carbocycles. The third-order valence-electron chi connectivity index (χ3n) is 2.96. The summed E-state index contributed by atoms with van der Waals surface area (Å²) in [5.74, 6) is -0.0679. The summed E-state index contributed by atoms with van der Waals surface area (Å²) in [6.07, 6.45) is 0.751. The Morgan fingerprint density at radius 3 is 2.76 bits per heavy atom. The summed E-state index contributed by atoms with van der Waals surface area (Å²) in [5, 5.41) is 3.53. The van der Waals surface area contributed by atoms with Gasteiger partial charge in [-0.05, 0) is 29.3 Å². The molecule has 1 aliphatic rings. The molecule has 3 rings (SSSR count). The van der Waals surface area contributed by atoms with Crippen molar-refractivity contribution < 1.29 is 4.79 Å². The molecule has 0 saturated heterocycles. The fourth-order valence-corrected chi connectivity index (χ4v) is 2.28. The number of fused-ring (bicyclic) bond motifs is 2. The molecule has 1 amide bonds. The average Bonchev–Trinajstić information content (AvgIpc) is 2.46. The summed E-state index contributed by atoms with van der Waals surface area (Å²) >= 11 is 5.94. The molecule has 0 bridgehead atoms. The maximum absolute atomic E-state index is 12.0. The Morgan fingerprint density at radius 1 is 1.06 bits per heavy atom. The van der Waals surface area contributed by atoms with E-state index in [0.717, 1.165) is 28.8 Å². The monoisotopic (exact) mass is 243 g/mol. The van der Waals surface area contributed by atoms with Gasteiger partial charge in [-0.25, -0.2) is 0 Å². The Morgan fingerprint density at radius 2 is 1.88 bits per heavy atom. The summed E-state index contributed by atoms with van der Waals surface area (Å²) in [5.41, 5.74) is 3.68. The molecule has 0 fully saturated rings. The number of hydrogen-bond acceptors (Lipinski definition) is 1. The summed E-state index contributed by atoms with van der Waals surface area (Å²) in [6, 6.07) is 13.3. The van der Waals surface area contributed by atoms with Crippen LogP contribution in [0, 0.1) is 0 Å². The highest BCUT2D eigenvalue weighted by Crippen LogP contribution is 2.28. The zero-order chi connectivity index (χ0) is 11.8. The number of halogens is 1. The molecule has 2 aromatic carbocycles. The van der Waals surface area contributed by atoms with Crippen LogP contribution < -0.4 is 5.32 Å². The van der Waals surface area contributed by atoms with E-state index in [9.17, 15) is 4.79 Å². The van der Waals surface area contributed by atoms with Gasteiger partial charge in [0.25, 0.3) is 5.91 Å². The number of carbonyl (C=O) groups excluding carboxylic acids is 1. The maximum Gasteiger partial charge on any atom is 0.255 e. The van der Waals surface area contributed by atoms with Crippen molar-refractivity contribution in [2.24, 2.45) is 0 Å². The first kappa shape index (κ1) is 10.4. The van der Waals surface area contributed by atoms with Crippen molar-refractivity contribution in [1.29, 1.82) is 0 Å². The predicted octanol–water partition coefficient (Wildman–Crippen LogP) is 3.50. The standard InChI is InChI=1S/C14H10ClNO/c15-11-6-5-10-7-9-3-1-2-4-12(9)14(17)16-13(10)8-11/h1-6,8H,7H2,(H,16,17). The predicted molar refractivity (Wildman–Crippen MR) is 68.7 cm³/mol. The number of anilines is 1. The molecule has 0 aromatic heterocycles. The molecular weight excluding hydrogens is 234 g/mol. The molecule has 0 spiro atoms. The third kappa shape index (κ3) is 1.81. The topological polar surface area (TPSA) is 29.1 Å². The second-order valence-electron chi connectivity index (χ2n) is 4.09. The van der Waals surface area contributed by atoms with Crippen molar-refractivity contribution in [2.45, 2.75) is 6.42 Å². The van der Waals surface area contributed by atoms with E-state index in [1.807, 2.05) is 36.4 Å². The zero-order valence-electron chi connectivity index (χ0n) is 9.03. The molecule has 3 heteroatoms. The highest BCUT2D eigenvalue weighted by molar-refractivity contribution is 6.31. The number of rotatable bonds is 0. The van der Waals surface area contributed by atoms with Gasteiger partial charge >= 0.3 is 0 Å². The largest absolute Gasteiger partial charge is 0.322 e. The molecule has 84 valence electrons. The van der Waals surface area contributed by atoms with Gasteiger partial charge in [-0.1, -0.05) is 35.9 Å². The van der Waals surface area contributed by atoms with Crippen molar-refractivity contribution in [3.63, 3.8) is 0 Å². The molecule has 2 nitrogen and oxygen atoms in total. The highest BCUT2D eigenvalue weighted by Gasteiger charge is 2.18. The fourth-order valence-electron chi connectivity index (χ4n) is 2.11. The first-order valence-corrected chi connectivity index (χ1v) is 5.79. The van der Waals surface area contributed by atoms with Crippen molar-refractivity contribution in [1.82, 2.24) is 0 Å². The van der Waals surface area contributed by atoms with Crippen LogP contribution in [-0.4, -0.2) is 5.91 Å². The number of benzene rings is 2. The number of hydrogen-bond donors (Lipinski definition) is 1. The van der Waals surface area contributed by atoms with E-state index >= 15 is 0 Å². The highest BCUT2D eigenvalue weighted by atomic mass is 35.5. The number of carbonyl (C=O) groups is 1. The number of nitrogens with one attached hydrogen (secondary N) is 1. The lowest BCUT2D eigenvalue weighted by atomic mass is 10.0. The Balaban J connectivity index is 2.17. The van der Waals surface area contributed by atoms with Gasteiger partial charge in [0.05, 0.1) is 0 Å². The molecule has 0 saturated carbocycles. The minimum Gasteiger partial charge on any atom is -0.322 e. The summed E-state index contributed by atoms with van der Waals surface area (Å²) in [4.78, 5) is 12.0. The minimum absolute atomic E-state index is 0.0679. The lowest BCUT2D eigenvalue weighted by Crippen LogP contribution is -2.11. The van der Waals surface area contributed by atoms with E-state index in [1.54, 1.807) is 6.07 Å². The van der Waals surface area contributed by atoms with Gasteiger partial charge in [-0.2, -0.15) is 0 Å². The van der Waals surface area contributed by atoms with Gasteiger partial charge in [-0.3, -0.25) is 4.79 Å². The van der Waals surface area contributed by atoms with Gasteiger partial charge in [-0.15, -0.1) is 0 Å². The van der Waals surface area contributed by atoms with Crippen LogP contribution >= 0.6 is 11.6 Å². The fraction of sp³-hybridized carbons (Fsp3) is 0.0714. The van der Waals surface area contributed by atoms with Crippen molar-refractivity contribution in [3.05, 3.63) is 64.2 Å². The molecule has 1 aliphatic heterocycles. The molecule has 0 unspecified atom stereocenters. The smallest absolute Gasteiger partial charge is 0.255 e. The Bertz CT molecular complexity index is 607. The maximum atomic E-state index is 12.0. The SMILES string of the molecule is O=C1Nc2cc(Cl)ccc2Cc2ccccc21. The summed E-state index contributed by atoms with van der Waals surface area (Å²) in [7, 11) is 0. The van der Waals surface area contributed by atoms with Gasteiger partial charge in [0.1, 0.15) is 0 Å². The Hall–Kier alpha value is -1.80. The second kappa shape index (κ2) is 3.90. The molecule has 2 aromatic rings. The van der Waals surface area contributed by atoms with Crippen LogP contribution in [-0.2, 0) is 6.42 Å². The van der Waals surface area contributed by atoms with Gasteiger partial charge in [0.15, 0.2) is 0 Å². The average molecular weight is 244 g/mol. The summed E-state index contributed by atoms with van der Waals surface area (Å²) < 4.78 is 0. The normalized spacial score (nSPS) is 13.4. The van der Waals surface area contributed by atoms with Crippen molar-refractivity contribution in [3.8, 4) is 0 Å². The van der Waals surface area contributed by atoms with Crippen molar-refractivity contribution >= 4 is 23.2 Å². The van der Waals surface area contributed by atoms with E-state index in [1.165, 1.54) is 0 Å². The van der Waals surface area contributed by atoms with E-state index in [-0.39, 0.29) is 5.91 Å². The van der Waals surface area contributed by atoms with Crippen LogP contribution in [0.1, 0.15) is 21.5 Å². The molecule has 0 atom stereocenters. The van der Waals surface area contributed by atoms with E-state index < -0.39 is 0 Å². The first-order chi connectivity index (χ1) is 8.24. The minimum atomic E-state index is -0.0679. The van der Waals surface area contributed by atoms with Crippen LogP contribution in [0.4, 0.5) is 5.69 Å². The van der Waals surface area contributed by atoms with E-state index in [4.69, 9.17) is 11.6 Å². The molecule has 1 heterocycles. The van der Waals surface area contributed by atoms with Crippen LogP contribution in [0.15, 0.2) is 42.5 Å². The number of amides is 1. The van der Waals surface area contributed by atoms with Crippen LogP contribution in [0.25, 0.3) is 0 Å². The van der Waals surface area contributed by atoms with Crippen LogP contribution in [0.5, 0.6) is 0 Å². The molecule has 1 N–H and O–H groups in total. The lowest BCUT2D eigenvalue weighted by Gasteiger charge is -2.06.